The Bertz CT molecular complexity index is 578. The van der Waals surface area contributed by atoms with E-state index in [9.17, 15) is 0 Å². The summed E-state index contributed by atoms with van der Waals surface area (Å²) in [4.78, 5) is 6.67. The summed E-state index contributed by atoms with van der Waals surface area (Å²) in [5.41, 5.74) is 8.58. The van der Waals surface area contributed by atoms with E-state index in [1.165, 1.54) is 5.56 Å². The standard InChI is InChI=1S/C13H17N5S/c1-17(8-11-6-16-18(2)9-11)7-10-3-4-15-12(5-10)13(14)19/h3-6,9H,7-8H2,1-2H3,(H2,14,19). The Morgan fingerprint density at radius 3 is 2.79 bits per heavy atom. The van der Waals surface area contributed by atoms with Gasteiger partial charge in [-0.1, -0.05) is 12.2 Å². The lowest BCUT2D eigenvalue weighted by molar-refractivity contribution is 0.319. The molecule has 0 aliphatic rings. The molecule has 0 bridgehead atoms. The molecule has 0 aliphatic carbocycles. The van der Waals surface area contributed by atoms with Gasteiger partial charge in [-0.25, -0.2) is 0 Å². The number of hydrogen-bond donors (Lipinski definition) is 1. The molecule has 19 heavy (non-hydrogen) atoms. The van der Waals surface area contributed by atoms with E-state index in [2.05, 4.69) is 22.0 Å². The van der Waals surface area contributed by atoms with Crippen LogP contribution in [0.15, 0.2) is 30.7 Å². The third kappa shape index (κ3) is 3.84. The van der Waals surface area contributed by atoms with Gasteiger partial charge in [0.1, 0.15) is 4.99 Å². The van der Waals surface area contributed by atoms with Crippen molar-refractivity contribution in [3.05, 3.63) is 47.5 Å². The van der Waals surface area contributed by atoms with Crippen LogP contribution in [-0.2, 0) is 20.1 Å². The molecule has 0 spiro atoms. The van der Waals surface area contributed by atoms with Crippen molar-refractivity contribution in [3.8, 4) is 0 Å². The first kappa shape index (κ1) is 13.6. The highest BCUT2D eigenvalue weighted by molar-refractivity contribution is 7.80. The van der Waals surface area contributed by atoms with Gasteiger partial charge >= 0.3 is 0 Å². The smallest absolute Gasteiger partial charge is 0.122 e. The number of nitrogens with two attached hydrogens (primary N) is 1. The van der Waals surface area contributed by atoms with Gasteiger partial charge in [0.05, 0.1) is 11.9 Å². The second kappa shape index (κ2) is 5.90. The minimum atomic E-state index is 0.330. The van der Waals surface area contributed by atoms with Crippen molar-refractivity contribution in [2.24, 2.45) is 12.8 Å². The highest BCUT2D eigenvalue weighted by Crippen LogP contribution is 2.08. The molecule has 0 amide bonds. The second-order valence-electron chi connectivity index (χ2n) is 4.61. The maximum absolute atomic E-state index is 5.58. The first-order valence-electron chi connectivity index (χ1n) is 5.95. The van der Waals surface area contributed by atoms with Crippen LogP contribution in [0.3, 0.4) is 0 Å². The predicted molar refractivity (Wildman–Crippen MR) is 78.5 cm³/mol. The molecule has 2 aromatic heterocycles. The summed E-state index contributed by atoms with van der Waals surface area (Å²) >= 11 is 4.93. The zero-order valence-corrected chi connectivity index (χ0v) is 11.9. The minimum absolute atomic E-state index is 0.330. The lowest BCUT2D eigenvalue weighted by atomic mass is 10.2. The van der Waals surface area contributed by atoms with Gasteiger partial charge in [-0.3, -0.25) is 14.6 Å². The number of nitrogens with zero attached hydrogens (tertiary/aromatic N) is 4. The highest BCUT2D eigenvalue weighted by atomic mass is 32.1. The molecule has 0 fully saturated rings. The van der Waals surface area contributed by atoms with Gasteiger partial charge in [0, 0.05) is 38.1 Å². The van der Waals surface area contributed by atoms with E-state index in [0.717, 1.165) is 18.7 Å². The van der Waals surface area contributed by atoms with Gasteiger partial charge < -0.3 is 5.73 Å². The van der Waals surface area contributed by atoms with Crippen molar-refractivity contribution in [3.63, 3.8) is 0 Å². The number of rotatable bonds is 5. The fourth-order valence-corrected chi connectivity index (χ4v) is 2.05. The van der Waals surface area contributed by atoms with Gasteiger partial charge in [0.2, 0.25) is 0 Å². The van der Waals surface area contributed by atoms with E-state index in [1.807, 2.05) is 31.6 Å². The summed E-state index contributed by atoms with van der Waals surface area (Å²) in [5, 5.41) is 4.16. The van der Waals surface area contributed by atoms with Crippen molar-refractivity contribution in [1.29, 1.82) is 0 Å². The van der Waals surface area contributed by atoms with Gasteiger partial charge in [0.15, 0.2) is 0 Å². The second-order valence-corrected chi connectivity index (χ2v) is 5.05. The van der Waals surface area contributed by atoms with Crippen LogP contribution in [0.5, 0.6) is 0 Å². The summed E-state index contributed by atoms with van der Waals surface area (Å²) in [6.45, 7) is 1.66. The van der Waals surface area contributed by atoms with Gasteiger partial charge in [0.25, 0.3) is 0 Å². The van der Waals surface area contributed by atoms with Crippen LogP contribution in [0.1, 0.15) is 16.8 Å². The molecule has 2 rings (SSSR count). The number of thiocarbonyl (C=S) groups is 1. The van der Waals surface area contributed by atoms with Crippen LogP contribution in [0.25, 0.3) is 0 Å². The average molecular weight is 275 g/mol. The fourth-order valence-electron chi connectivity index (χ4n) is 1.94. The predicted octanol–water partition coefficient (Wildman–Crippen LogP) is 1.08. The zero-order valence-electron chi connectivity index (χ0n) is 11.1. The molecule has 0 saturated heterocycles. The fraction of sp³-hybridized carbons (Fsp3) is 0.308. The van der Waals surface area contributed by atoms with Crippen LogP contribution in [0, 0.1) is 0 Å². The van der Waals surface area contributed by atoms with Gasteiger partial charge in [-0.15, -0.1) is 0 Å². The summed E-state index contributed by atoms with van der Waals surface area (Å²) in [5.74, 6) is 0. The van der Waals surface area contributed by atoms with Crippen LogP contribution >= 0.6 is 12.2 Å². The van der Waals surface area contributed by atoms with Crippen molar-refractivity contribution in [1.82, 2.24) is 19.7 Å². The van der Waals surface area contributed by atoms with E-state index in [0.29, 0.717) is 10.7 Å². The SMILES string of the molecule is CN(Cc1ccnc(C(N)=S)c1)Cc1cnn(C)c1. The molecular weight excluding hydrogens is 258 g/mol. The molecule has 0 unspecified atom stereocenters. The van der Waals surface area contributed by atoms with Crippen molar-refractivity contribution in [2.45, 2.75) is 13.1 Å². The van der Waals surface area contributed by atoms with Gasteiger partial charge in [-0.05, 0) is 24.7 Å². The Hall–Kier alpha value is -1.79. The highest BCUT2D eigenvalue weighted by Gasteiger charge is 2.05. The van der Waals surface area contributed by atoms with Crippen molar-refractivity contribution in [2.75, 3.05) is 7.05 Å². The zero-order chi connectivity index (χ0) is 13.8. The Kier molecular flexibility index (Phi) is 4.24. The third-order valence-corrected chi connectivity index (χ3v) is 2.95. The molecule has 5 nitrogen and oxygen atoms in total. The summed E-state index contributed by atoms with van der Waals surface area (Å²) < 4.78 is 1.81. The molecule has 2 aromatic rings. The molecule has 2 heterocycles. The average Bonchev–Trinajstić information content (AvgIpc) is 2.74. The molecule has 0 saturated carbocycles. The minimum Gasteiger partial charge on any atom is -0.388 e. The largest absolute Gasteiger partial charge is 0.388 e. The summed E-state index contributed by atoms with van der Waals surface area (Å²) in [6, 6.07) is 3.91. The summed E-state index contributed by atoms with van der Waals surface area (Å²) in [7, 11) is 3.98. The maximum Gasteiger partial charge on any atom is 0.122 e. The lowest BCUT2D eigenvalue weighted by Crippen LogP contribution is -2.18. The molecule has 0 atom stereocenters. The van der Waals surface area contributed by atoms with E-state index in [1.54, 1.807) is 10.9 Å². The van der Waals surface area contributed by atoms with E-state index >= 15 is 0 Å². The maximum atomic E-state index is 5.58. The molecule has 6 heteroatoms. The van der Waals surface area contributed by atoms with Crippen LogP contribution < -0.4 is 5.73 Å². The number of hydrogen-bond acceptors (Lipinski definition) is 4. The molecule has 100 valence electrons. The van der Waals surface area contributed by atoms with Gasteiger partial charge in [-0.2, -0.15) is 5.10 Å². The molecule has 0 aliphatic heterocycles. The van der Waals surface area contributed by atoms with E-state index in [4.69, 9.17) is 18.0 Å². The van der Waals surface area contributed by atoms with Crippen LogP contribution in [-0.4, -0.2) is 31.7 Å². The monoisotopic (exact) mass is 275 g/mol. The number of pyridine rings is 1. The quantitative estimate of drug-likeness (QED) is 0.828. The Morgan fingerprint density at radius 2 is 2.16 bits per heavy atom. The molecular formula is C13H17N5S. The topological polar surface area (TPSA) is 60.0 Å². The van der Waals surface area contributed by atoms with Crippen molar-refractivity contribution >= 4 is 17.2 Å². The normalized spacial score (nSPS) is 10.9. The third-order valence-electron chi connectivity index (χ3n) is 2.74. The Labute approximate surface area is 118 Å². The van der Waals surface area contributed by atoms with Crippen LogP contribution in [0.4, 0.5) is 0 Å². The molecule has 0 aromatic carbocycles. The summed E-state index contributed by atoms with van der Waals surface area (Å²) in [6.07, 6.45) is 5.63. The first-order chi connectivity index (χ1) is 9.04. The number of aryl methyl sites for hydroxylation is 1. The van der Waals surface area contributed by atoms with E-state index < -0.39 is 0 Å². The first-order valence-corrected chi connectivity index (χ1v) is 6.36. The van der Waals surface area contributed by atoms with Crippen molar-refractivity contribution < 1.29 is 0 Å². The number of aromatic nitrogens is 3. The lowest BCUT2D eigenvalue weighted by Gasteiger charge is -2.15. The Balaban J connectivity index is 2.00. The van der Waals surface area contributed by atoms with E-state index in [-0.39, 0.29) is 0 Å². The molecule has 0 radical (unpaired) electrons. The Morgan fingerprint density at radius 1 is 1.42 bits per heavy atom. The molecule has 2 N–H and O–H groups in total. The van der Waals surface area contributed by atoms with Crippen LogP contribution in [0.2, 0.25) is 0 Å².